The fourth-order valence-corrected chi connectivity index (χ4v) is 1.29. The van der Waals surface area contributed by atoms with E-state index in [0.717, 1.165) is 12.2 Å². The Labute approximate surface area is 80.1 Å². The molecule has 0 saturated heterocycles. The van der Waals surface area contributed by atoms with Crippen LogP contribution in [0.2, 0.25) is 0 Å². The van der Waals surface area contributed by atoms with E-state index in [1.54, 1.807) is 0 Å². The zero-order valence-electron chi connectivity index (χ0n) is 8.75. The van der Waals surface area contributed by atoms with Gasteiger partial charge in [0.2, 0.25) is 0 Å². The summed E-state index contributed by atoms with van der Waals surface area (Å²) < 4.78 is 2.01. The summed E-state index contributed by atoms with van der Waals surface area (Å²) in [4.78, 5) is 0. The van der Waals surface area contributed by atoms with Crippen molar-refractivity contribution in [2.24, 2.45) is 0 Å². The van der Waals surface area contributed by atoms with Gasteiger partial charge in [-0.1, -0.05) is 0 Å². The maximum absolute atomic E-state index is 4.33. The molecule has 0 saturated carbocycles. The van der Waals surface area contributed by atoms with Gasteiger partial charge in [-0.15, -0.1) is 0 Å². The predicted octanol–water partition coefficient (Wildman–Crippen LogP) is 1.58. The molecule has 0 spiro atoms. The third kappa shape index (κ3) is 3.59. The second kappa shape index (κ2) is 5.02. The van der Waals surface area contributed by atoms with Crippen molar-refractivity contribution < 1.29 is 0 Å². The van der Waals surface area contributed by atoms with Crippen molar-refractivity contribution in [2.45, 2.75) is 39.3 Å². The standard InChI is InChI=1S/C10H19N3/c1-9(11-3)5-4-7-13-8-6-10(2)12-13/h6,8-9,11H,4-5,7H2,1-3H3. The van der Waals surface area contributed by atoms with E-state index in [1.165, 1.54) is 12.8 Å². The van der Waals surface area contributed by atoms with Crippen molar-refractivity contribution in [2.75, 3.05) is 7.05 Å². The molecule has 3 nitrogen and oxygen atoms in total. The van der Waals surface area contributed by atoms with Crippen LogP contribution in [0.15, 0.2) is 12.3 Å². The molecule has 0 bridgehead atoms. The van der Waals surface area contributed by atoms with Crippen molar-refractivity contribution >= 4 is 0 Å². The highest BCUT2D eigenvalue weighted by Gasteiger charge is 1.98. The van der Waals surface area contributed by atoms with Gasteiger partial charge in [-0.05, 0) is 39.8 Å². The zero-order chi connectivity index (χ0) is 9.68. The fraction of sp³-hybridized carbons (Fsp3) is 0.700. The lowest BCUT2D eigenvalue weighted by molar-refractivity contribution is 0.487. The monoisotopic (exact) mass is 181 g/mol. The van der Waals surface area contributed by atoms with Crippen LogP contribution in [-0.2, 0) is 6.54 Å². The Morgan fingerprint density at radius 1 is 1.62 bits per heavy atom. The van der Waals surface area contributed by atoms with Crippen molar-refractivity contribution in [3.05, 3.63) is 18.0 Å². The maximum Gasteiger partial charge on any atom is 0.0593 e. The van der Waals surface area contributed by atoms with Crippen LogP contribution in [0, 0.1) is 6.92 Å². The van der Waals surface area contributed by atoms with Crippen molar-refractivity contribution in [1.82, 2.24) is 15.1 Å². The van der Waals surface area contributed by atoms with Gasteiger partial charge in [0.05, 0.1) is 5.69 Å². The second-order valence-corrected chi connectivity index (χ2v) is 3.55. The first-order valence-corrected chi connectivity index (χ1v) is 4.89. The van der Waals surface area contributed by atoms with Crippen LogP contribution in [0.3, 0.4) is 0 Å². The average molecular weight is 181 g/mol. The Morgan fingerprint density at radius 3 is 2.92 bits per heavy atom. The van der Waals surface area contributed by atoms with Crippen LogP contribution in [0.5, 0.6) is 0 Å². The fourth-order valence-electron chi connectivity index (χ4n) is 1.29. The molecule has 0 amide bonds. The van der Waals surface area contributed by atoms with Crippen LogP contribution < -0.4 is 5.32 Å². The lowest BCUT2D eigenvalue weighted by Crippen LogP contribution is -2.21. The van der Waals surface area contributed by atoms with E-state index in [4.69, 9.17) is 0 Å². The van der Waals surface area contributed by atoms with Gasteiger partial charge in [-0.2, -0.15) is 5.10 Å². The largest absolute Gasteiger partial charge is 0.317 e. The SMILES string of the molecule is CNC(C)CCCn1ccc(C)n1. The van der Waals surface area contributed by atoms with Gasteiger partial charge in [0.15, 0.2) is 0 Å². The topological polar surface area (TPSA) is 29.9 Å². The molecule has 1 N–H and O–H groups in total. The molecule has 0 aliphatic carbocycles. The van der Waals surface area contributed by atoms with Crippen molar-refractivity contribution in [3.8, 4) is 0 Å². The molecule has 1 aromatic rings. The first-order valence-electron chi connectivity index (χ1n) is 4.89. The molecule has 1 atom stereocenters. The van der Waals surface area contributed by atoms with Gasteiger partial charge >= 0.3 is 0 Å². The van der Waals surface area contributed by atoms with Gasteiger partial charge in [0, 0.05) is 18.8 Å². The molecule has 3 heteroatoms. The lowest BCUT2D eigenvalue weighted by Gasteiger charge is -2.09. The quantitative estimate of drug-likeness (QED) is 0.747. The van der Waals surface area contributed by atoms with Crippen LogP contribution in [0.25, 0.3) is 0 Å². The summed E-state index contributed by atoms with van der Waals surface area (Å²) in [5, 5.41) is 7.56. The molecule has 1 unspecified atom stereocenters. The second-order valence-electron chi connectivity index (χ2n) is 3.55. The van der Waals surface area contributed by atoms with Crippen LogP contribution in [0.4, 0.5) is 0 Å². The number of aryl methyl sites for hydroxylation is 2. The summed E-state index contributed by atoms with van der Waals surface area (Å²) in [5.41, 5.74) is 1.10. The highest BCUT2D eigenvalue weighted by Crippen LogP contribution is 2.00. The number of rotatable bonds is 5. The summed E-state index contributed by atoms with van der Waals surface area (Å²) in [5.74, 6) is 0. The van der Waals surface area contributed by atoms with Gasteiger partial charge in [-0.25, -0.2) is 0 Å². The highest BCUT2D eigenvalue weighted by molar-refractivity contribution is 4.94. The molecule has 74 valence electrons. The number of hydrogen-bond donors (Lipinski definition) is 1. The lowest BCUT2D eigenvalue weighted by atomic mass is 10.2. The number of nitrogens with one attached hydrogen (secondary N) is 1. The van der Waals surface area contributed by atoms with E-state index in [9.17, 15) is 0 Å². The molecular formula is C10H19N3. The van der Waals surface area contributed by atoms with E-state index in [-0.39, 0.29) is 0 Å². The summed E-state index contributed by atoms with van der Waals surface area (Å²) in [6.45, 7) is 5.25. The van der Waals surface area contributed by atoms with Crippen molar-refractivity contribution in [3.63, 3.8) is 0 Å². The summed E-state index contributed by atoms with van der Waals surface area (Å²) in [6, 6.07) is 2.65. The maximum atomic E-state index is 4.33. The van der Waals surface area contributed by atoms with E-state index >= 15 is 0 Å². The summed E-state index contributed by atoms with van der Waals surface area (Å²) >= 11 is 0. The third-order valence-corrected chi connectivity index (χ3v) is 2.29. The van der Waals surface area contributed by atoms with Crippen LogP contribution in [0.1, 0.15) is 25.5 Å². The van der Waals surface area contributed by atoms with E-state index < -0.39 is 0 Å². The van der Waals surface area contributed by atoms with Gasteiger partial charge in [0.25, 0.3) is 0 Å². The Kier molecular flexibility index (Phi) is 3.96. The smallest absolute Gasteiger partial charge is 0.0593 e. The molecule has 13 heavy (non-hydrogen) atoms. The summed E-state index contributed by atoms with van der Waals surface area (Å²) in [6.07, 6.45) is 4.43. The minimum Gasteiger partial charge on any atom is -0.317 e. The highest BCUT2D eigenvalue weighted by atomic mass is 15.3. The Morgan fingerprint density at radius 2 is 2.38 bits per heavy atom. The molecule has 1 rings (SSSR count). The minimum absolute atomic E-state index is 0.608. The molecule has 0 aromatic carbocycles. The minimum atomic E-state index is 0.608. The predicted molar refractivity (Wildman–Crippen MR) is 54.7 cm³/mol. The normalized spacial score (nSPS) is 13.2. The Balaban J connectivity index is 2.20. The Hall–Kier alpha value is -0.830. The zero-order valence-corrected chi connectivity index (χ0v) is 8.75. The van der Waals surface area contributed by atoms with E-state index in [1.807, 2.05) is 30.9 Å². The van der Waals surface area contributed by atoms with Crippen molar-refractivity contribution in [1.29, 1.82) is 0 Å². The molecule has 0 radical (unpaired) electrons. The van der Waals surface area contributed by atoms with E-state index in [0.29, 0.717) is 6.04 Å². The van der Waals surface area contributed by atoms with Gasteiger partial charge in [-0.3, -0.25) is 4.68 Å². The average Bonchev–Trinajstić information content (AvgIpc) is 2.51. The van der Waals surface area contributed by atoms with Gasteiger partial charge in [0.1, 0.15) is 0 Å². The van der Waals surface area contributed by atoms with E-state index in [2.05, 4.69) is 17.3 Å². The number of hydrogen-bond acceptors (Lipinski definition) is 2. The molecule has 0 fully saturated rings. The number of nitrogens with zero attached hydrogens (tertiary/aromatic N) is 2. The molecule has 0 aliphatic rings. The molecule has 0 aliphatic heterocycles. The Bertz CT molecular complexity index is 242. The molecule has 1 heterocycles. The molecular weight excluding hydrogens is 162 g/mol. The van der Waals surface area contributed by atoms with Crippen LogP contribution >= 0.6 is 0 Å². The first kappa shape index (κ1) is 10.3. The van der Waals surface area contributed by atoms with Crippen LogP contribution in [-0.4, -0.2) is 22.9 Å². The summed E-state index contributed by atoms with van der Waals surface area (Å²) in [7, 11) is 2.00. The number of aromatic nitrogens is 2. The first-order chi connectivity index (χ1) is 6.22. The third-order valence-electron chi connectivity index (χ3n) is 2.29. The van der Waals surface area contributed by atoms with Gasteiger partial charge < -0.3 is 5.32 Å². The molecule has 1 aromatic heterocycles.